The molecule has 16 heavy (non-hydrogen) atoms. The molecule has 82 valence electrons. The molecule has 0 saturated carbocycles. The fourth-order valence-electron chi connectivity index (χ4n) is 1.48. The third kappa shape index (κ3) is 2.15. The standard InChI is InChI=1S/C12H12ClN3/c13-10-3-1-2-8(6-10)11-5-4-9(7-14)12(15)16-11/h1-6H,7,14H2,(H2,15,16). The van der Waals surface area contributed by atoms with Crippen molar-refractivity contribution >= 4 is 17.4 Å². The zero-order chi connectivity index (χ0) is 11.5. The van der Waals surface area contributed by atoms with Gasteiger partial charge in [0.1, 0.15) is 5.82 Å². The molecule has 0 aliphatic rings. The number of aromatic nitrogens is 1. The van der Waals surface area contributed by atoms with E-state index >= 15 is 0 Å². The Morgan fingerprint density at radius 1 is 1.19 bits per heavy atom. The minimum absolute atomic E-state index is 0.397. The molecule has 0 aliphatic heterocycles. The SMILES string of the molecule is NCc1ccc(-c2cccc(Cl)c2)nc1N. The van der Waals surface area contributed by atoms with E-state index in [9.17, 15) is 0 Å². The number of nitrogen functional groups attached to an aromatic ring is 1. The van der Waals surface area contributed by atoms with E-state index in [0.29, 0.717) is 17.4 Å². The lowest BCUT2D eigenvalue weighted by atomic mass is 10.1. The molecule has 3 nitrogen and oxygen atoms in total. The fourth-order valence-corrected chi connectivity index (χ4v) is 1.68. The van der Waals surface area contributed by atoms with Crippen molar-refractivity contribution in [3.63, 3.8) is 0 Å². The molecule has 0 atom stereocenters. The van der Waals surface area contributed by atoms with Gasteiger partial charge in [-0.05, 0) is 18.2 Å². The number of rotatable bonds is 2. The normalized spacial score (nSPS) is 10.4. The maximum Gasteiger partial charge on any atom is 0.128 e. The maximum absolute atomic E-state index is 5.91. The molecule has 0 radical (unpaired) electrons. The van der Waals surface area contributed by atoms with Crippen LogP contribution in [-0.4, -0.2) is 4.98 Å². The zero-order valence-corrected chi connectivity index (χ0v) is 9.41. The van der Waals surface area contributed by atoms with Crippen LogP contribution in [-0.2, 0) is 6.54 Å². The second-order valence-corrected chi connectivity index (χ2v) is 3.89. The smallest absolute Gasteiger partial charge is 0.128 e. The summed E-state index contributed by atoms with van der Waals surface area (Å²) in [7, 11) is 0. The number of halogens is 1. The highest BCUT2D eigenvalue weighted by Gasteiger charge is 2.03. The largest absolute Gasteiger partial charge is 0.383 e. The monoisotopic (exact) mass is 233 g/mol. The van der Waals surface area contributed by atoms with Gasteiger partial charge in [0.25, 0.3) is 0 Å². The molecule has 0 spiro atoms. The first-order chi connectivity index (χ1) is 7.70. The van der Waals surface area contributed by atoms with E-state index in [4.69, 9.17) is 23.1 Å². The Morgan fingerprint density at radius 3 is 2.62 bits per heavy atom. The third-order valence-electron chi connectivity index (χ3n) is 2.35. The van der Waals surface area contributed by atoms with Crippen molar-refractivity contribution < 1.29 is 0 Å². The van der Waals surface area contributed by atoms with Crippen LogP contribution in [0.5, 0.6) is 0 Å². The summed E-state index contributed by atoms with van der Waals surface area (Å²) >= 11 is 5.91. The molecular weight excluding hydrogens is 222 g/mol. The highest BCUT2D eigenvalue weighted by atomic mass is 35.5. The van der Waals surface area contributed by atoms with E-state index in [-0.39, 0.29) is 0 Å². The molecule has 4 heteroatoms. The van der Waals surface area contributed by atoms with Crippen LogP contribution >= 0.6 is 11.6 Å². The number of nitrogens with two attached hydrogens (primary N) is 2. The van der Waals surface area contributed by atoms with Crippen molar-refractivity contribution in [1.29, 1.82) is 0 Å². The van der Waals surface area contributed by atoms with Gasteiger partial charge in [-0.2, -0.15) is 0 Å². The number of pyridine rings is 1. The second kappa shape index (κ2) is 4.51. The molecule has 2 aromatic rings. The first-order valence-corrected chi connectivity index (χ1v) is 5.30. The van der Waals surface area contributed by atoms with Gasteiger partial charge in [-0.1, -0.05) is 29.8 Å². The molecule has 0 unspecified atom stereocenters. The molecule has 2 rings (SSSR count). The average molecular weight is 234 g/mol. The zero-order valence-electron chi connectivity index (χ0n) is 8.65. The lowest BCUT2D eigenvalue weighted by Gasteiger charge is -2.06. The number of hydrogen-bond acceptors (Lipinski definition) is 3. The molecule has 0 fully saturated rings. The topological polar surface area (TPSA) is 64.9 Å². The summed E-state index contributed by atoms with van der Waals surface area (Å²) in [5.41, 5.74) is 13.9. The van der Waals surface area contributed by atoms with Gasteiger partial charge in [0, 0.05) is 22.7 Å². The van der Waals surface area contributed by atoms with E-state index in [2.05, 4.69) is 4.98 Å². The van der Waals surface area contributed by atoms with Crippen LogP contribution in [0.15, 0.2) is 36.4 Å². The maximum atomic E-state index is 5.91. The minimum Gasteiger partial charge on any atom is -0.383 e. The highest BCUT2D eigenvalue weighted by molar-refractivity contribution is 6.30. The van der Waals surface area contributed by atoms with Crippen molar-refractivity contribution in [1.82, 2.24) is 4.98 Å². The van der Waals surface area contributed by atoms with E-state index in [1.54, 1.807) is 0 Å². The number of nitrogens with zero attached hydrogens (tertiary/aromatic N) is 1. The lowest BCUT2D eigenvalue weighted by molar-refractivity contribution is 1.06. The summed E-state index contributed by atoms with van der Waals surface area (Å²) in [6.07, 6.45) is 0. The van der Waals surface area contributed by atoms with E-state index in [0.717, 1.165) is 16.8 Å². The molecular formula is C12H12ClN3. The number of anilines is 1. The summed E-state index contributed by atoms with van der Waals surface area (Å²) in [6.45, 7) is 0.397. The van der Waals surface area contributed by atoms with Crippen molar-refractivity contribution in [2.45, 2.75) is 6.54 Å². The number of benzene rings is 1. The Bertz CT molecular complexity index is 511. The highest BCUT2D eigenvalue weighted by Crippen LogP contribution is 2.22. The molecule has 1 heterocycles. The Balaban J connectivity index is 2.45. The van der Waals surface area contributed by atoms with Gasteiger partial charge in [-0.15, -0.1) is 0 Å². The number of hydrogen-bond donors (Lipinski definition) is 2. The molecule has 4 N–H and O–H groups in total. The summed E-state index contributed by atoms with van der Waals surface area (Å²) in [5.74, 6) is 0.472. The Morgan fingerprint density at radius 2 is 2.00 bits per heavy atom. The third-order valence-corrected chi connectivity index (χ3v) is 2.59. The van der Waals surface area contributed by atoms with Gasteiger partial charge in [-0.25, -0.2) is 4.98 Å². The lowest BCUT2D eigenvalue weighted by Crippen LogP contribution is -2.03. The van der Waals surface area contributed by atoms with E-state index < -0.39 is 0 Å². The van der Waals surface area contributed by atoms with Crippen LogP contribution in [0.2, 0.25) is 5.02 Å². The molecule has 0 amide bonds. The van der Waals surface area contributed by atoms with Gasteiger partial charge in [-0.3, -0.25) is 0 Å². The Labute approximate surface area is 99.1 Å². The van der Waals surface area contributed by atoms with Gasteiger partial charge in [0.2, 0.25) is 0 Å². The van der Waals surface area contributed by atoms with Crippen LogP contribution in [0, 0.1) is 0 Å². The van der Waals surface area contributed by atoms with Crippen molar-refractivity contribution in [2.24, 2.45) is 5.73 Å². The van der Waals surface area contributed by atoms with Crippen molar-refractivity contribution in [3.8, 4) is 11.3 Å². The van der Waals surface area contributed by atoms with Crippen molar-refractivity contribution in [3.05, 3.63) is 47.0 Å². The van der Waals surface area contributed by atoms with Crippen LogP contribution in [0.3, 0.4) is 0 Å². The van der Waals surface area contributed by atoms with Crippen LogP contribution in [0.1, 0.15) is 5.56 Å². The van der Waals surface area contributed by atoms with Gasteiger partial charge in [0.15, 0.2) is 0 Å². The molecule has 1 aromatic heterocycles. The van der Waals surface area contributed by atoms with E-state index in [1.165, 1.54) is 0 Å². The van der Waals surface area contributed by atoms with Gasteiger partial charge >= 0.3 is 0 Å². The minimum atomic E-state index is 0.397. The Kier molecular flexibility index (Phi) is 3.08. The quantitative estimate of drug-likeness (QED) is 0.838. The summed E-state index contributed by atoms with van der Waals surface area (Å²) in [4.78, 5) is 4.29. The first kappa shape index (κ1) is 10.9. The summed E-state index contributed by atoms with van der Waals surface area (Å²) in [5, 5.41) is 0.681. The second-order valence-electron chi connectivity index (χ2n) is 3.46. The van der Waals surface area contributed by atoms with Crippen LogP contribution in [0.25, 0.3) is 11.3 Å². The van der Waals surface area contributed by atoms with Crippen molar-refractivity contribution in [2.75, 3.05) is 5.73 Å². The predicted octanol–water partition coefficient (Wildman–Crippen LogP) is 2.44. The van der Waals surface area contributed by atoms with Gasteiger partial charge in [0.05, 0.1) is 5.69 Å². The van der Waals surface area contributed by atoms with Gasteiger partial charge < -0.3 is 11.5 Å². The summed E-state index contributed by atoms with van der Waals surface area (Å²) in [6, 6.07) is 11.3. The molecule has 0 saturated heterocycles. The van der Waals surface area contributed by atoms with E-state index in [1.807, 2.05) is 36.4 Å². The van der Waals surface area contributed by atoms with Crippen LogP contribution < -0.4 is 11.5 Å². The predicted molar refractivity (Wildman–Crippen MR) is 67.0 cm³/mol. The first-order valence-electron chi connectivity index (χ1n) is 4.92. The Hall–Kier alpha value is -1.58. The fraction of sp³-hybridized carbons (Fsp3) is 0.0833. The molecule has 1 aromatic carbocycles. The van der Waals surface area contributed by atoms with Crippen LogP contribution in [0.4, 0.5) is 5.82 Å². The molecule has 0 bridgehead atoms. The molecule has 0 aliphatic carbocycles. The summed E-state index contributed by atoms with van der Waals surface area (Å²) < 4.78 is 0. The average Bonchev–Trinajstić information content (AvgIpc) is 2.29.